The van der Waals surface area contributed by atoms with Gasteiger partial charge in [-0.2, -0.15) is 0 Å². The highest BCUT2D eigenvalue weighted by Crippen LogP contribution is 2.43. The fourth-order valence-electron chi connectivity index (χ4n) is 5.06. The lowest BCUT2D eigenvalue weighted by Gasteiger charge is -2.28. The summed E-state index contributed by atoms with van der Waals surface area (Å²) in [5.41, 5.74) is 6.97. The number of carbonyl (C=O) groups excluding carboxylic acids is 1. The first-order chi connectivity index (χ1) is 18.4. The van der Waals surface area contributed by atoms with Gasteiger partial charge < -0.3 is 24.8 Å². The van der Waals surface area contributed by atoms with E-state index >= 15 is 0 Å². The van der Waals surface area contributed by atoms with Gasteiger partial charge in [0, 0.05) is 42.3 Å². The summed E-state index contributed by atoms with van der Waals surface area (Å²) < 4.78 is 7.10. The highest BCUT2D eigenvalue weighted by Gasteiger charge is 2.42. The largest absolute Gasteiger partial charge is 0.375 e. The lowest BCUT2D eigenvalue weighted by atomic mass is 9.96. The quantitative estimate of drug-likeness (QED) is 0.330. The molecule has 1 aliphatic heterocycles. The third kappa shape index (κ3) is 4.90. The Morgan fingerprint density at radius 3 is 2.53 bits per heavy atom. The minimum absolute atomic E-state index is 0.00112. The van der Waals surface area contributed by atoms with Crippen LogP contribution >= 0.6 is 12.2 Å². The molecule has 0 aliphatic carbocycles. The number of thiocarbonyl (C=S) groups is 1. The first kappa shape index (κ1) is 25.6. The van der Waals surface area contributed by atoms with Gasteiger partial charge >= 0.3 is 0 Å². The van der Waals surface area contributed by atoms with Gasteiger partial charge in [0.2, 0.25) is 5.91 Å². The second-order valence-electron chi connectivity index (χ2n) is 9.38. The van der Waals surface area contributed by atoms with Crippen LogP contribution in [0.2, 0.25) is 0 Å². The number of rotatable bonds is 7. The Kier molecular flexibility index (Phi) is 7.22. The summed E-state index contributed by atoms with van der Waals surface area (Å²) in [5.74, 6) is 0.681. The molecule has 4 heterocycles. The number of aromatic nitrogens is 3. The maximum absolute atomic E-state index is 12.0. The highest BCUT2D eigenvalue weighted by atomic mass is 32.1. The number of anilines is 2. The van der Waals surface area contributed by atoms with Crippen molar-refractivity contribution in [1.82, 2.24) is 19.9 Å². The molecule has 8 nitrogen and oxygen atoms in total. The van der Waals surface area contributed by atoms with Crippen molar-refractivity contribution < 1.29 is 9.53 Å². The van der Waals surface area contributed by atoms with Gasteiger partial charge in [0.15, 0.2) is 5.11 Å². The first-order valence-corrected chi connectivity index (χ1v) is 12.8. The molecule has 2 atom stereocenters. The van der Waals surface area contributed by atoms with Crippen LogP contribution in [-0.4, -0.2) is 39.3 Å². The van der Waals surface area contributed by atoms with E-state index in [4.69, 9.17) is 17.0 Å². The number of ether oxygens (including phenoxy) is 1. The van der Waals surface area contributed by atoms with Gasteiger partial charge in [0.05, 0.1) is 17.8 Å². The van der Waals surface area contributed by atoms with Gasteiger partial charge in [-0.25, -0.2) is 4.98 Å². The second kappa shape index (κ2) is 10.7. The van der Waals surface area contributed by atoms with E-state index < -0.39 is 0 Å². The van der Waals surface area contributed by atoms with Gasteiger partial charge in [-0.05, 0) is 98.7 Å². The molecular weight excluding hydrogens is 496 g/mol. The SMILES string of the molecule is COCC(=O)Nc1ccc(N2C(=S)NC(c3ccccn3)C2c2cc(C)n(-c3cc(C)ccn3)c2C)cc1. The number of amides is 1. The highest BCUT2D eigenvalue weighted by molar-refractivity contribution is 7.80. The zero-order valence-electron chi connectivity index (χ0n) is 21.8. The number of benzene rings is 1. The molecule has 2 N–H and O–H groups in total. The zero-order valence-corrected chi connectivity index (χ0v) is 22.6. The van der Waals surface area contributed by atoms with Crippen LogP contribution in [0.5, 0.6) is 0 Å². The number of methoxy groups -OCH3 is 1. The fraction of sp³-hybridized carbons (Fsp3) is 0.241. The fourth-order valence-corrected chi connectivity index (χ4v) is 5.41. The maximum Gasteiger partial charge on any atom is 0.250 e. The van der Waals surface area contributed by atoms with Crippen molar-refractivity contribution in [1.29, 1.82) is 0 Å². The Labute approximate surface area is 227 Å². The molecule has 2 unspecified atom stereocenters. The molecule has 1 fully saturated rings. The summed E-state index contributed by atoms with van der Waals surface area (Å²) in [6, 6.07) is 19.6. The summed E-state index contributed by atoms with van der Waals surface area (Å²) >= 11 is 5.89. The van der Waals surface area contributed by atoms with Gasteiger partial charge in [0.25, 0.3) is 0 Å². The van der Waals surface area contributed by atoms with E-state index in [9.17, 15) is 4.79 Å². The predicted molar refractivity (Wildman–Crippen MR) is 153 cm³/mol. The van der Waals surface area contributed by atoms with Crippen molar-refractivity contribution in [2.75, 3.05) is 23.9 Å². The Morgan fingerprint density at radius 1 is 1.05 bits per heavy atom. The van der Waals surface area contributed by atoms with Gasteiger partial charge in [-0.15, -0.1) is 0 Å². The van der Waals surface area contributed by atoms with E-state index in [0.717, 1.165) is 39.7 Å². The summed E-state index contributed by atoms with van der Waals surface area (Å²) in [5, 5.41) is 6.97. The monoisotopic (exact) mass is 526 g/mol. The molecule has 0 saturated carbocycles. The number of nitrogens with one attached hydrogen (secondary N) is 2. The topological polar surface area (TPSA) is 84.3 Å². The number of pyridine rings is 2. The standard InChI is InChI=1S/C29H30N6O2S/c1-18-12-14-31-25(15-18)34-19(2)16-23(20(34)3)28-27(24-7-5-6-13-30-24)33-29(38)35(28)22-10-8-21(9-11-22)32-26(36)17-37-4/h5-16,27-28H,17H2,1-4H3,(H,32,36)(H,33,38). The number of nitrogens with zero attached hydrogens (tertiary/aromatic N) is 4. The molecule has 1 aromatic carbocycles. The molecule has 9 heteroatoms. The lowest BCUT2D eigenvalue weighted by Crippen LogP contribution is -2.29. The van der Waals surface area contributed by atoms with Crippen LogP contribution in [0, 0.1) is 20.8 Å². The molecule has 4 aromatic rings. The van der Waals surface area contributed by atoms with Gasteiger partial charge in [0.1, 0.15) is 12.4 Å². The number of hydrogen-bond acceptors (Lipinski definition) is 5. The van der Waals surface area contributed by atoms with Crippen molar-refractivity contribution in [3.05, 3.63) is 101 Å². The minimum Gasteiger partial charge on any atom is -0.375 e. The molecule has 194 valence electrons. The number of carbonyl (C=O) groups is 1. The molecule has 3 aromatic heterocycles. The van der Waals surface area contributed by atoms with Crippen LogP contribution in [0.15, 0.2) is 73.1 Å². The Morgan fingerprint density at radius 2 is 1.84 bits per heavy atom. The van der Waals surface area contributed by atoms with Crippen LogP contribution in [0.3, 0.4) is 0 Å². The Hall–Kier alpha value is -4.08. The molecule has 1 amide bonds. The van der Waals surface area contributed by atoms with Crippen LogP contribution in [0.4, 0.5) is 11.4 Å². The van der Waals surface area contributed by atoms with Crippen LogP contribution < -0.4 is 15.5 Å². The van der Waals surface area contributed by atoms with Gasteiger partial charge in [-0.1, -0.05) is 6.07 Å². The minimum atomic E-state index is -0.205. The van der Waals surface area contributed by atoms with E-state index in [1.165, 1.54) is 7.11 Å². The Balaban J connectivity index is 1.58. The van der Waals surface area contributed by atoms with Crippen LogP contribution in [0.25, 0.3) is 5.82 Å². The zero-order chi connectivity index (χ0) is 26.8. The molecule has 5 rings (SSSR count). The average molecular weight is 527 g/mol. The lowest BCUT2D eigenvalue weighted by molar-refractivity contribution is -0.119. The van der Waals surface area contributed by atoms with Crippen molar-refractivity contribution in [3.8, 4) is 5.82 Å². The molecule has 1 saturated heterocycles. The molecular formula is C29H30N6O2S. The van der Waals surface area contributed by atoms with Crippen molar-refractivity contribution in [3.63, 3.8) is 0 Å². The molecule has 0 radical (unpaired) electrons. The molecule has 1 aliphatic rings. The normalized spacial score (nSPS) is 16.9. The van der Waals surface area contributed by atoms with Crippen molar-refractivity contribution >= 4 is 34.6 Å². The van der Waals surface area contributed by atoms with Gasteiger partial charge in [-0.3, -0.25) is 9.78 Å². The predicted octanol–water partition coefficient (Wildman–Crippen LogP) is 4.95. The number of aryl methyl sites for hydroxylation is 2. The summed E-state index contributed by atoms with van der Waals surface area (Å²) in [6.07, 6.45) is 3.64. The molecule has 0 bridgehead atoms. The second-order valence-corrected chi connectivity index (χ2v) is 9.76. The average Bonchev–Trinajstić information content (AvgIpc) is 3.40. The summed E-state index contributed by atoms with van der Waals surface area (Å²) in [7, 11) is 1.49. The third-order valence-corrected chi connectivity index (χ3v) is 7.04. The summed E-state index contributed by atoms with van der Waals surface area (Å²) in [6.45, 7) is 6.29. The van der Waals surface area contributed by atoms with Crippen molar-refractivity contribution in [2.24, 2.45) is 0 Å². The number of hydrogen-bond donors (Lipinski definition) is 2. The van der Waals surface area contributed by atoms with E-state index in [1.54, 1.807) is 6.20 Å². The third-order valence-electron chi connectivity index (χ3n) is 6.72. The first-order valence-electron chi connectivity index (χ1n) is 12.4. The van der Waals surface area contributed by atoms with E-state index in [-0.39, 0.29) is 24.6 Å². The van der Waals surface area contributed by atoms with E-state index in [2.05, 4.69) is 63.0 Å². The molecule has 38 heavy (non-hydrogen) atoms. The Bertz CT molecular complexity index is 1470. The van der Waals surface area contributed by atoms with Crippen LogP contribution in [-0.2, 0) is 9.53 Å². The summed E-state index contributed by atoms with van der Waals surface area (Å²) in [4.78, 5) is 23.4. The smallest absolute Gasteiger partial charge is 0.250 e. The van der Waals surface area contributed by atoms with E-state index in [0.29, 0.717) is 10.8 Å². The molecule has 0 spiro atoms. The van der Waals surface area contributed by atoms with Crippen molar-refractivity contribution in [2.45, 2.75) is 32.9 Å². The maximum atomic E-state index is 12.0. The van der Waals surface area contributed by atoms with Crippen LogP contribution in [0.1, 0.15) is 40.3 Å². The van der Waals surface area contributed by atoms with E-state index in [1.807, 2.05) is 54.7 Å².